The summed E-state index contributed by atoms with van der Waals surface area (Å²) in [5.41, 5.74) is 4.77. The van der Waals surface area contributed by atoms with E-state index in [9.17, 15) is 9.59 Å². The number of hydrogen-bond acceptors (Lipinski definition) is 3. The van der Waals surface area contributed by atoms with Crippen LogP contribution in [0.15, 0.2) is 0 Å². The van der Waals surface area contributed by atoms with Gasteiger partial charge < -0.3 is 11.1 Å². The minimum atomic E-state index is -0.807. The van der Waals surface area contributed by atoms with Crippen molar-refractivity contribution in [2.45, 2.75) is 37.3 Å². The number of nitrogens with one attached hydrogen (secondary N) is 1. The van der Waals surface area contributed by atoms with Gasteiger partial charge in [-0.2, -0.15) is 0 Å². The fourth-order valence-corrected chi connectivity index (χ4v) is 1.07. The smallest absolute Gasteiger partial charge is 0.289 e. The number of hydrogen-bond donors (Lipinski definition) is 2. The number of ketones is 1. The first-order chi connectivity index (χ1) is 5.62. The molecule has 0 spiro atoms. The van der Waals surface area contributed by atoms with Crippen LogP contribution in [0.25, 0.3) is 0 Å². The molecule has 2 rings (SSSR count). The molecule has 0 unspecified atom stereocenters. The summed E-state index contributed by atoms with van der Waals surface area (Å²) in [4.78, 5) is 22.4. The second-order valence-corrected chi connectivity index (χ2v) is 3.73. The van der Waals surface area contributed by atoms with Gasteiger partial charge in [0.15, 0.2) is 0 Å². The van der Waals surface area contributed by atoms with Crippen molar-refractivity contribution in [1.29, 1.82) is 0 Å². The standard InChI is InChI=1S/C8H12N2O2/c9-8(3-4-8)6(11)7(12)10-5-1-2-5/h5H,1-4,9H2,(H,10,12). The molecule has 4 heteroatoms. The number of carbonyl (C=O) groups excluding carboxylic acids is 2. The Labute approximate surface area is 70.5 Å². The zero-order valence-electron chi connectivity index (χ0n) is 6.80. The Bertz CT molecular complexity index is 241. The van der Waals surface area contributed by atoms with Gasteiger partial charge in [0.1, 0.15) is 0 Å². The van der Waals surface area contributed by atoms with E-state index in [1.165, 1.54) is 0 Å². The number of amides is 1. The van der Waals surface area contributed by atoms with Gasteiger partial charge in [0.25, 0.3) is 5.91 Å². The van der Waals surface area contributed by atoms with Crippen LogP contribution in [0, 0.1) is 0 Å². The summed E-state index contributed by atoms with van der Waals surface area (Å²) in [5, 5.41) is 2.63. The van der Waals surface area contributed by atoms with Gasteiger partial charge in [0, 0.05) is 6.04 Å². The average Bonchev–Trinajstić information content (AvgIpc) is 2.87. The van der Waals surface area contributed by atoms with Crippen molar-refractivity contribution in [2.75, 3.05) is 0 Å². The summed E-state index contributed by atoms with van der Waals surface area (Å²) in [6.07, 6.45) is 3.31. The molecule has 2 saturated carbocycles. The highest BCUT2D eigenvalue weighted by Gasteiger charge is 2.49. The van der Waals surface area contributed by atoms with E-state index < -0.39 is 17.2 Å². The lowest BCUT2D eigenvalue weighted by Crippen LogP contribution is -2.44. The Balaban J connectivity index is 1.89. The molecule has 4 nitrogen and oxygen atoms in total. The number of carbonyl (C=O) groups is 2. The van der Waals surface area contributed by atoms with Gasteiger partial charge in [0.2, 0.25) is 5.78 Å². The minimum absolute atomic E-state index is 0.240. The average molecular weight is 168 g/mol. The maximum Gasteiger partial charge on any atom is 0.289 e. The van der Waals surface area contributed by atoms with Gasteiger partial charge in [-0.1, -0.05) is 0 Å². The van der Waals surface area contributed by atoms with Gasteiger partial charge in [-0.25, -0.2) is 0 Å². The number of rotatable bonds is 3. The lowest BCUT2D eigenvalue weighted by atomic mass is 10.1. The molecule has 3 N–H and O–H groups in total. The SMILES string of the molecule is NC1(C(=O)C(=O)NC2CC2)CC1. The summed E-state index contributed by atoms with van der Waals surface area (Å²) in [6.45, 7) is 0. The van der Waals surface area contributed by atoms with Crippen LogP contribution in [0.5, 0.6) is 0 Å². The molecule has 0 aliphatic heterocycles. The largest absolute Gasteiger partial charge is 0.347 e. The summed E-state index contributed by atoms with van der Waals surface area (Å²) < 4.78 is 0. The Morgan fingerprint density at radius 3 is 2.33 bits per heavy atom. The van der Waals surface area contributed by atoms with E-state index in [2.05, 4.69) is 5.32 Å². The van der Waals surface area contributed by atoms with Crippen LogP contribution >= 0.6 is 0 Å². The minimum Gasteiger partial charge on any atom is -0.347 e. The number of nitrogens with two attached hydrogens (primary N) is 1. The van der Waals surface area contributed by atoms with Crippen LogP contribution in [-0.4, -0.2) is 23.3 Å². The van der Waals surface area contributed by atoms with Gasteiger partial charge >= 0.3 is 0 Å². The van der Waals surface area contributed by atoms with E-state index in [1.54, 1.807) is 0 Å². The van der Waals surface area contributed by atoms with Crippen molar-refractivity contribution in [2.24, 2.45) is 5.73 Å². The first-order valence-corrected chi connectivity index (χ1v) is 4.26. The van der Waals surface area contributed by atoms with Crippen LogP contribution in [0.1, 0.15) is 25.7 Å². The van der Waals surface area contributed by atoms with Crippen molar-refractivity contribution >= 4 is 11.7 Å². The lowest BCUT2D eigenvalue weighted by molar-refractivity contribution is -0.139. The van der Waals surface area contributed by atoms with Gasteiger partial charge in [-0.3, -0.25) is 9.59 Å². The van der Waals surface area contributed by atoms with E-state index in [0.29, 0.717) is 12.8 Å². The number of Topliss-reactive ketones (excluding diaryl/α,β-unsaturated/α-hetero) is 1. The highest BCUT2D eigenvalue weighted by atomic mass is 16.2. The Kier molecular flexibility index (Phi) is 1.48. The third kappa shape index (κ3) is 1.34. The molecule has 2 aliphatic carbocycles. The quantitative estimate of drug-likeness (QED) is 0.549. The molecule has 0 aromatic rings. The molecule has 1 amide bonds. The molecule has 2 aliphatic rings. The van der Waals surface area contributed by atoms with E-state index in [4.69, 9.17) is 5.73 Å². The van der Waals surface area contributed by atoms with Gasteiger partial charge in [-0.05, 0) is 25.7 Å². The van der Waals surface area contributed by atoms with Crippen molar-refractivity contribution in [3.63, 3.8) is 0 Å². The highest BCUT2D eigenvalue weighted by Crippen LogP contribution is 2.33. The predicted octanol–water partition coefficient (Wildman–Crippen LogP) is -0.675. The summed E-state index contributed by atoms with van der Waals surface area (Å²) in [5.74, 6) is -0.924. The van der Waals surface area contributed by atoms with Crippen LogP contribution in [0.4, 0.5) is 0 Å². The molecule has 0 aromatic heterocycles. The van der Waals surface area contributed by atoms with Crippen LogP contribution in [-0.2, 0) is 9.59 Å². The Morgan fingerprint density at radius 2 is 1.92 bits per heavy atom. The summed E-state index contributed by atoms with van der Waals surface area (Å²) >= 11 is 0. The monoisotopic (exact) mass is 168 g/mol. The van der Waals surface area contributed by atoms with Crippen molar-refractivity contribution in [1.82, 2.24) is 5.32 Å². The predicted molar refractivity (Wildman–Crippen MR) is 42.3 cm³/mol. The molecule has 66 valence electrons. The van der Waals surface area contributed by atoms with E-state index in [1.807, 2.05) is 0 Å². The Hall–Kier alpha value is -0.900. The second-order valence-electron chi connectivity index (χ2n) is 3.73. The molecule has 0 saturated heterocycles. The molecule has 0 atom stereocenters. The third-order valence-corrected chi connectivity index (χ3v) is 2.36. The molecule has 0 heterocycles. The zero-order valence-corrected chi connectivity index (χ0v) is 6.80. The first-order valence-electron chi connectivity index (χ1n) is 4.26. The maximum atomic E-state index is 11.3. The van der Waals surface area contributed by atoms with Crippen molar-refractivity contribution in [3.05, 3.63) is 0 Å². The fourth-order valence-electron chi connectivity index (χ4n) is 1.07. The van der Waals surface area contributed by atoms with Crippen LogP contribution < -0.4 is 11.1 Å². The zero-order chi connectivity index (χ0) is 8.77. The molecular formula is C8H12N2O2. The highest BCUT2D eigenvalue weighted by molar-refractivity contribution is 6.40. The summed E-state index contributed by atoms with van der Waals surface area (Å²) in [7, 11) is 0. The molecule has 12 heavy (non-hydrogen) atoms. The molecular weight excluding hydrogens is 156 g/mol. The van der Waals surface area contributed by atoms with Crippen LogP contribution in [0.3, 0.4) is 0 Å². The molecule has 0 aromatic carbocycles. The van der Waals surface area contributed by atoms with Gasteiger partial charge in [0.05, 0.1) is 5.54 Å². The van der Waals surface area contributed by atoms with Crippen molar-refractivity contribution < 1.29 is 9.59 Å². The molecule has 2 fully saturated rings. The third-order valence-electron chi connectivity index (χ3n) is 2.36. The topological polar surface area (TPSA) is 72.2 Å². The normalized spacial score (nSPS) is 24.8. The van der Waals surface area contributed by atoms with Crippen molar-refractivity contribution in [3.8, 4) is 0 Å². The second kappa shape index (κ2) is 2.29. The van der Waals surface area contributed by atoms with Gasteiger partial charge in [-0.15, -0.1) is 0 Å². The Morgan fingerprint density at radius 1 is 1.33 bits per heavy atom. The molecule has 0 radical (unpaired) electrons. The summed E-state index contributed by atoms with van der Waals surface area (Å²) in [6, 6.07) is 0.240. The lowest BCUT2D eigenvalue weighted by Gasteiger charge is -2.06. The maximum absolute atomic E-state index is 11.3. The molecule has 0 bridgehead atoms. The first kappa shape index (κ1) is 7.73. The van der Waals surface area contributed by atoms with E-state index in [0.717, 1.165) is 12.8 Å². The van der Waals surface area contributed by atoms with E-state index in [-0.39, 0.29) is 6.04 Å². The van der Waals surface area contributed by atoms with E-state index >= 15 is 0 Å². The van der Waals surface area contributed by atoms with Crippen LogP contribution in [0.2, 0.25) is 0 Å². The fraction of sp³-hybridized carbons (Fsp3) is 0.750.